The molecule has 7 heteroatoms. The van der Waals surface area contributed by atoms with Crippen molar-refractivity contribution in [2.45, 2.75) is 6.92 Å². The van der Waals surface area contributed by atoms with Crippen LogP contribution < -0.4 is 9.47 Å². The van der Waals surface area contributed by atoms with Crippen molar-refractivity contribution in [3.63, 3.8) is 0 Å². The first kappa shape index (κ1) is 16.9. The molecule has 0 unspecified atom stereocenters. The summed E-state index contributed by atoms with van der Waals surface area (Å²) in [5, 5.41) is 11.5. The van der Waals surface area contributed by atoms with Gasteiger partial charge < -0.3 is 9.47 Å². The molecule has 128 valence electrons. The van der Waals surface area contributed by atoms with Crippen molar-refractivity contribution in [3.8, 4) is 22.9 Å². The van der Waals surface area contributed by atoms with Gasteiger partial charge in [0.2, 0.25) is 4.77 Å². The Kier molecular flexibility index (Phi) is 4.95. The van der Waals surface area contributed by atoms with Gasteiger partial charge in [-0.15, -0.1) is 0 Å². The molecular weight excluding hydrogens is 336 g/mol. The molecule has 0 fully saturated rings. The number of rotatable bonds is 5. The summed E-state index contributed by atoms with van der Waals surface area (Å²) in [6.07, 6.45) is 1.75. The number of nitrogens with one attached hydrogen (secondary N) is 1. The SMILES string of the molecule is COc1ccc(-c2n[nH]c(=S)n2N=Cc2cccc(C)c2)cc1OC. The molecule has 0 amide bonds. The summed E-state index contributed by atoms with van der Waals surface area (Å²) < 4.78 is 12.6. The Labute approximate surface area is 150 Å². The summed E-state index contributed by atoms with van der Waals surface area (Å²) >= 11 is 5.30. The van der Waals surface area contributed by atoms with Crippen molar-refractivity contribution in [2.75, 3.05) is 14.2 Å². The van der Waals surface area contributed by atoms with Crippen LogP contribution in [-0.2, 0) is 0 Å². The average Bonchev–Trinajstić information content (AvgIpc) is 3.00. The van der Waals surface area contributed by atoms with Gasteiger partial charge in [-0.05, 0) is 42.9 Å². The Balaban J connectivity index is 2.01. The maximum atomic E-state index is 5.35. The van der Waals surface area contributed by atoms with Gasteiger partial charge in [-0.25, -0.2) is 5.10 Å². The first-order valence-corrected chi connectivity index (χ1v) is 8.04. The number of nitrogens with zero attached hydrogens (tertiary/aromatic N) is 3. The molecule has 2 aromatic carbocycles. The van der Waals surface area contributed by atoms with Gasteiger partial charge in [0.1, 0.15) is 0 Å². The molecular formula is C18H18N4O2S. The summed E-state index contributed by atoms with van der Waals surface area (Å²) in [7, 11) is 3.19. The van der Waals surface area contributed by atoms with Crippen molar-refractivity contribution in [3.05, 3.63) is 58.4 Å². The minimum Gasteiger partial charge on any atom is -0.493 e. The molecule has 0 aliphatic heterocycles. The first-order chi connectivity index (χ1) is 12.1. The third kappa shape index (κ3) is 3.61. The van der Waals surface area contributed by atoms with E-state index < -0.39 is 0 Å². The zero-order valence-corrected chi connectivity index (χ0v) is 15.0. The Bertz CT molecular complexity index is 975. The first-order valence-electron chi connectivity index (χ1n) is 7.63. The van der Waals surface area contributed by atoms with Gasteiger partial charge in [0.05, 0.1) is 20.4 Å². The zero-order valence-electron chi connectivity index (χ0n) is 14.2. The standard InChI is InChI=1S/C18H18N4O2S/c1-12-5-4-6-13(9-12)11-19-22-17(20-21-18(22)25)14-7-8-15(23-2)16(10-14)24-3/h4-11H,1-3H3,(H,21,25). The molecule has 3 aromatic rings. The van der Waals surface area contributed by atoms with Gasteiger partial charge in [0, 0.05) is 5.56 Å². The molecule has 0 aliphatic carbocycles. The molecule has 3 rings (SSSR count). The number of aryl methyl sites for hydroxylation is 1. The van der Waals surface area contributed by atoms with E-state index in [9.17, 15) is 0 Å². The molecule has 0 atom stereocenters. The van der Waals surface area contributed by atoms with Gasteiger partial charge in [-0.2, -0.15) is 14.9 Å². The van der Waals surface area contributed by atoms with Crippen LogP contribution in [0.15, 0.2) is 47.6 Å². The van der Waals surface area contributed by atoms with E-state index in [1.165, 1.54) is 5.56 Å². The number of H-pyrrole nitrogens is 1. The fraction of sp³-hybridized carbons (Fsp3) is 0.167. The summed E-state index contributed by atoms with van der Waals surface area (Å²) in [5.74, 6) is 1.85. The summed E-state index contributed by atoms with van der Waals surface area (Å²) in [6, 6.07) is 13.6. The second kappa shape index (κ2) is 7.31. The fourth-order valence-corrected chi connectivity index (χ4v) is 2.62. The topological polar surface area (TPSA) is 64.4 Å². The van der Waals surface area contributed by atoms with Crippen LogP contribution in [-0.4, -0.2) is 35.3 Å². The molecule has 0 saturated heterocycles. The fourth-order valence-electron chi connectivity index (χ4n) is 2.44. The van der Waals surface area contributed by atoms with E-state index in [1.807, 2.05) is 49.4 Å². The molecule has 25 heavy (non-hydrogen) atoms. The van der Waals surface area contributed by atoms with Crippen LogP contribution in [0.3, 0.4) is 0 Å². The molecule has 1 aromatic heterocycles. The summed E-state index contributed by atoms with van der Waals surface area (Å²) in [6.45, 7) is 2.04. The third-order valence-corrected chi connectivity index (χ3v) is 3.92. The maximum Gasteiger partial charge on any atom is 0.216 e. The van der Waals surface area contributed by atoms with Crippen LogP contribution >= 0.6 is 12.2 Å². The number of ether oxygens (including phenoxy) is 2. The molecule has 0 radical (unpaired) electrons. The number of hydrogen-bond acceptors (Lipinski definition) is 5. The highest BCUT2D eigenvalue weighted by atomic mass is 32.1. The van der Waals surface area contributed by atoms with E-state index >= 15 is 0 Å². The predicted octanol–water partition coefficient (Wildman–Crippen LogP) is 3.82. The van der Waals surface area contributed by atoms with Crippen LogP contribution in [0.5, 0.6) is 11.5 Å². The molecule has 0 saturated carbocycles. The minimum absolute atomic E-state index is 0.411. The molecule has 0 spiro atoms. The van der Waals surface area contributed by atoms with Crippen molar-refractivity contribution >= 4 is 18.4 Å². The van der Waals surface area contributed by atoms with Crippen molar-refractivity contribution in [2.24, 2.45) is 5.10 Å². The Morgan fingerprint density at radius 1 is 1.12 bits per heavy atom. The van der Waals surface area contributed by atoms with E-state index in [4.69, 9.17) is 21.7 Å². The Morgan fingerprint density at radius 2 is 1.92 bits per heavy atom. The van der Waals surface area contributed by atoms with E-state index in [-0.39, 0.29) is 0 Å². The van der Waals surface area contributed by atoms with Crippen LogP contribution in [0.4, 0.5) is 0 Å². The second-order valence-electron chi connectivity index (χ2n) is 5.39. The Hall–Kier alpha value is -2.93. The largest absolute Gasteiger partial charge is 0.493 e. The lowest BCUT2D eigenvalue weighted by atomic mass is 10.2. The Morgan fingerprint density at radius 3 is 2.64 bits per heavy atom. The lowest BCUT2D eigenvalue weighted by molar-refractivity contribution is 0.355. The number of aromatic amines is 1. The molecule has 6 nitrogen and oxygen atoms in total. The van der Waals surface area contributed by atoms with E-state index in [0.29, 0.717) is 22.1 Å². The number of hydrogen-bond donors (Lipinski definition) is 1. The maximum absolute atomic E-state index is 5.35. The molecule has 1 N–H and O–H groups in total. The number of aromatic nitrogens is 3. The van der Waals surface area contributed by atoms with Crippen LogP contribution in [0.2, 0.25) is 0 Å². The van der Waals surface area contributed by atoms with Gasteiger partial charge in [0.25, 0.3) is 0 Å². The van der Waals surface area contributed by atoms with Crippen molar-refractivity contribution < 1.29 is 9.47 Å². The highest BCUT2D eigenvalue weighted by Crippen LogP contribution is 2.31. The minimum atomic E-state index is 0.411. The van der Waals surface area contributed by atoms with Crippen LogP contribution in [0, 0.1) is 11.7 Å². The average molecular weight is 354 g/mol. The van der Waals surface area contributed by atoms with Gasteiger partial charge in [-0.1, -0.05) is 29.8 Å². The predicted molar refractivity (Wildman–Crippen MR) is 100 cm³/mol. The molecule has 0 bridgehead atoms. The van der Waals surface area contributed by atoms with Gasteiger partial charge >= 0.3 is 0 Å². The van der Waals surface area contributed by atoms with Crippen molar-refractivity contribution in [1.82, 2.24) is 14.9 Å². The zero-order chi connectivity index (χ0) is 17.8. The molecule has 1 heterocycles. The monoisotopic (exact) mass is 354 g/mol. The van der Waals surface area contributed by atoms with Crippen molar-refractivity contribution in [1.29, 1.82) is 0 Å². The lowest BCUT2D eigenvalue weighted by Gasteiger charge is -2.09. The summed E-state index contributed by atoms with van der Waals surface area (Å²) in [5.41, 5.74) is 2.97. The number of benzene rings is 2. The highest BCUT2D eigenvalue weighted by Gasteiger charge is 2.12. The lowest BCUT2D eigenvalue weighted by Crippen LogP contribution is -1.96. The molecule has 0 aliphatic rings. The summed E-state index contributed by atoms with van der Waals surface area (Å²) in [4.78, 5) is 0. The van der Waals surface area contributed by atoms with E-state index in [2.05, 4.69) is 15.3 Å². The third-order valence-electron chi connectivity index (χ3n) is 3.66. The highest BCUT2D eigenvalue weighted by molar-refractivity contribution is 7.71. The van der Waals surface area contributed by atoms with Gasteiger partial charge in [-0.3, -0.25) is 0 Å². The van der Waals surface area contributed by atoms with E-state index in [0.717, 1.165) is 11.1 Å². The van der Waals surface area contributed by atoms with E-state index in [1.54, 1.807) is 25.1 Å². The van der Waals surface area contributed by atoms with Crippen LogP contribution in [0.25, 0.3) is 11.4 Å². The quantitative estimate of drug-likeness (QED) is 0.559. The normalized spacial score (nSPS) is 11.0. The second-order valence-corrected chi connectivity index (χ2v) is 5.78. The van der Waals surface area contributed by atoms with Gasteiger partial charge in [0.15, 0.2) is 17.3 Å². The smallest absolute Gasteiger partial charge is 0.216 e. The van der Waals surface area contributed by atoms with Crippen LogP contribution in [0.1, 0.15) is 11.1 Å². The number of methoxy groups -OCH3 is 2.